The number of hydrogen-bond donors (Lipinski definition) is 1. The molecule has 268 valence electrons. The summed E-state index contributed by atoms with van der Waals surface area (Å²) < 4.78 is 22.4. The van der Waals surface area contributed by atoms with E-state index in [0.717, 1.165) is 12.7 Å². The zero-order chi connectivity index (χ0) is 36.6. The summed E-state index contributed by atoms with van der Waals surface area (Å²) in [5.41, 5.74) is 0.774. The van der Waals surface area contributed by atoms with Crippen molar-refractivity contribution in [2.75, 3.05) is 33.5 Å². The predicted molar refractivity (Wildman–Crippen MR) is 193 cm³/mol. The lowest BCUT2D eigenvalue weighted by atomic mass is 10.1. The standard InChI is InChI=1S/C15H22N4O4Si.C9H8N4O3.C6H15ClOSi/c1-22-14-12(6-5-7-13(14)19(20)21)15-16-10-18(17-15)11-23-8-9-24(2,3)4;1-16-8-6(9-10-5-11-12-9)3-2-4-7(8)13(14)15;1-9(2,3)5-4-8-6-7/h5-7,10H,8-9,11H2,1-4H3;2-5H,1H3,(H,10,11,12);4-6H2,1-3H3. The molecule has 0 spiro atoms. The molecule has 0 atom stereocenters. The van der Waals surface area contributed by atoms with Gasteiger partial charge in [-0.1, -0.05) is 63.0 Å². The van der Waals surface area contributed by atoms with E-state index in [0.29, 0.717) is 42.2 Å². The fraction of sp³-hybridized carbons (Fsp3) is 0.467. The van der Waals surface area contributed by atoms with Crippen LogP contribution in [0, 0.1) is 20.2 Å². The third kappa shape index (κ3) is 14.0. The minimum absolute atomic E-state index is 0.101. The first-order chi connectivity index (χ1) is 23.1. The topological polar surface area (TPSA) is 195 Å². The highest BCUT2D eigenvalue weighted by molar-refractivity contribution is 6.76. The Morgan fingerprint density at radius 1 is 0.816 bits per heavy atom. The molecular weight excluding hydrogens is 692 g/mol. The largest absolute Gasteiger partial charge is 0.490 e. The molecule has 0 aliphatic heterocycles. The lowest BCUT2D eigenvalue weighted by Gasteiger charge is -2.15. The lowest BCUT2D eigenvalue weighted by Crippen LogP contribution is -2.22. The Morgan fingerprint density at radius 2 is 1.35 bits per heavy atom. The number of hydrogen-bond acceptors (Lipinski definition) is 12. The molecule has 4 rings (SSSR count). The SMILES string of the molecule is COc1c(-c2ncn(COCC[Si](C)(C)C)n2)cccc1[N+](=O)[O-].COc1c(-c2ncn[nH]2)cccc1[N+](=O)[O-].C[Si](C)(C)CCOCCl. The number of methoxy groups -OCH3 is 2. The average Bonchev–Trinajstić information content (AvgIpc) is 3.75. The fourth-order valence-corrected chi connectivity index (χ4v) is 5.54. The zero-order valence-corrected chi connectivity index (χ0v) is 31.9. The second-order valence-corrected chi connectivity index (χ2v) is 24.3. The van der Waals surface area contributed by atoms with Crippen molar-refractivity contribution in [1.82, 2.24) is 29.9 Å². The smallest absolute Gasteiger partial charge is 0.311 e. The number of rotatable bonds is 15. The first-order valence-corrected chi connectivity index (χ1v) is 23.2. The van der Waals surface area contributed by atoms with Crippen LogP contribution < -0.4 is 9.47 Å². The van der Waals surface area contributed by atoms with Gasteiger partial charge >= 0.3 is 11.4 Å². The molecule has 0 bridgehead atoms. The van der Waals surface area contributed by atoms with Gasteiger partial charge in [0.05, 0.1) is 35.2 Å². The summed E-state index contributed by atoms with van der Waals surface area (Å²) in [6.45, 7) is 15.7. The molecule has 0 saturated carbocycles. The van der Waals surface area contributed by atoms with Crippen LogP contribution in [0.5, 0.6) is 11.5 Å². The number of ether oxygens (including phenoxy) is 4. The Morgan fingerprint density at radius 3 is 1.82 bits per heavy atom. The van der Waals surface area contributed by atoms with E-state index in [2.05, 4.69) is 64.5 Å². The lowest BCUT2D eigenvalue weighted by molar-refractivity contribution is -0.385. The number of nitro benzene ring substituents is 2. The predicted octanol–water partition coefficient (Wildman–Crippen LogP) is 7.10. The van der Waals surface area contributed by atoms with Crippen LogP contribution in [-0.4, -0.2) is 89.4 Å². The van der Waals surface area contributed by atoms with Crippen LogP contribution in [0.4, 0.5) is 11.4 Å². The molecule has 16 nitrogen and oxygen atoms in total. The van der Waals surface area contributed by atoms with Gasteiger partial charge in [0.2, 0.25) is 11.5 Å². The second kappa shape index (κ2) is 19.7. The van der Waals surface area contributed by atoms with Gasteiger partial charge in [-0.2, -0.15) is 5.10 Å². The van der Waals surface area contributed by atoms with E-state index < -0.39 is 26.0 Å². The number of H-pyrrole nitrogens is 1. The zero-order valence-electron chi connectivity index (χ0n) is 29.1. The maximum atomic E-state index is 11.1. The molecule has 2 aromatic carbocycles. The Hall–Kier alpha value is -4.24. The van der Waals surface area contributed by atoms with Gasteiger partial charge in [0, 0.05) is 41.5 Å². The van der Waals surface area contributed by atoms with Gasteiger partial charge in [0.1, 0.15) is 25.5 Å². The maximum absolute atomic E-state index is 11.1. The molecule has 0 fully saturated rings. The Labute approximate surface area is 292 Å². The third-order valence-electron chi connectivity index (χ3n) is 6.53. The van der Waals surface area contributed by atoms with Gasteiger partial charge in [-0.15, -0.1) is 5.10 Å². The summed E-state index contributed by atoms with van der Waals surface area (Å²) in [6, 6.07) is 11.9. The van der Waals surface area contributed by atoms with Gasteiger partial charge in [-0.25, -0.2) is 14.6 Å². The summed E-state index contributed by atoms with van der Waals surface area (Å²) in [7, 11) is 0.767. The van der Waals surface area contributed by atoms with Crippen molar-refractivity contribution in [3.63, 3.8) is 0 Å². The number of nitrogens with zero attached hydrogens (tertiary/aromatic N) is 7. The van der Waals surface area contributed by atoms with Crippen LogP contribution >= 0.6 is 11.6 Å². The highest BCUT2D eigenvalue weighted by Crippen LogP contribution is 2.36. The van der Waals surface area contributed by atoms with Crippen molar-refractivity contribution < 1.29 is 28.8 Å². The number of alkyl halides is 1. The van der Waals surface area contributed by atoms with E-state index in [9.17, 15) is 20.2 Å². The maximum Gasteiger partial charge on any atom is 0.311 e. The highest BCUT2D eigenvalue weighted by Gasteiger charge is 2.22. The van der Waals surface area contributed by atoms with Crippen molar-refractivity contribution >= 4 is 39.1 Å². The molecule has 0 aliphatic carbocycles. The van der Waals surface area contributed by atoms with E-state index in [-0.39, 0.29) is 22.9 Å². The van der Waals surface area contributed by atoms with Crippen LogP contribution in [0.15, 0.2) is 49.1 Å². The first-order valence-electron chi connectivity index (χ1n) is 15.2. The monoisotopic (exact) mass is 736 g/mol. The van der Waals surface area contributed by atoms with Gasteiger partial charge in [0.15, 0.2) is 11.6 Å². The number of nitrogens with one attached hydrogen (secondary N) is 1. The molecule has 0 saturated heterocycles. The number of aromatic nitrogens is 6. The van der Waals surface area contributed by atoms with Crippen molar-refractivity contribution in [2.24, 2.45) is 0 Å². The number of nitro groups is 2. The van der Waals surface area contributed by atoms with Crippen molar-refractivity contribution in [3.05, 3.63) is 69.3 Å². The van der Waals surface area contributed by atoms with E-state index in [1.807, 2.05) is 0 Å². The molecule has 0 aliphatic rings. The Bertz CT molecular complexity index is 1610. The first kappa shape index (κ1) is 40.9. The molecule has 2 aromatic heterocycles. The normalized spacial score (nSPS) is 11.1. The highest BCUT2D eigenvalue weighted by atomic mass is 35.5. The van der Waals surface area contributed by atoms with Crippen molar-refractivity contribution in [3.8, 4) is 34.3 Å². The Kier molecular flexibility index (Phi) is 16.4. The van der Waals surface area contributed by atoms with Gasteiger partial charge < -0.3 is 18.9 Å². The molecule has 2 heterocycles. The van der Waals surface area contributed by atoms with E-state index in [1.165, 1.54) is 38.7 Å². The molecule has 19 heteroatoms. The minimum atomic E-state index is -1.12. The molecular formula is C30H45ClN8O8Si2. The minimum Gasteiger partial charge on any atom is -0.490 e. The molecule has 49 heavy (non-hydrogen) atoms. The van der Waals surface area contributed by atoms with E-state index in [4.69, 9.17) is 30.5 Å². The molecule has 0 radical (unpaired) electrons. The third-order valence-corrected chi connectivity index (χ3v) is 10.1. The summed E-state index contributed by atoms with van der Waals surface area (Å²) in [5.74, 6) is 1.12. The van der Waals surface area contributed by atoms with Gasteiger partial charge in [0.25, 0.3) is 0 Å². The molecule has 0 unspecified atom stereocenters. The van der Waals surface area contributed by atoms with Crippen molar-refractivity contribution in [1.29, 1.82) is 0 Å². The quantitative estimate of drug-likeness (QED) is 0.0428. The number of benzene rings is 2. The van der Waals surface area contributed by atoms with Crippen molar-refractivity contribution in [2.45, 2.75) is 58.1 Å². The number of aromatic amines is 1. The van der Waals surface area contributed by atoms with Crippen LogP contribution in [-0.2, 0) is 16.2 Å². The molecule has 1 N–H and O–H groups in total. The summed E-state index contributed by atoms with van der Waals surface area (Å²) in [6.07, 6.45) is 2.87. The van der Waals surface area contributed by atoms with Gasteiger partial charge in [-0.05, 0) is 24.2 Å². The van der Waals surface area contributed by atoms with Crippen LogP contribution in [0.1, 0.15) is 0 Å². The van der Waals surface area contributed by atoms with E-state index in [1.54, 1.807) is 35.3 Å². The van der Waals surface area contributed by atoms with Crippen LogP contribution in [0.2, 0.25) is 51.4 Å². The average molecular weight is 737 g/mol. The summed E-state index contributed by atoms with van der Waals surface area (Å²) >= 11 is 5.32. The van der Waals surface area contributed by atoms with Gasteiger partial charge in [-0.3, -0.25) is 25.3 Å². The van der Waals surface area contributed by atoms with Crippen LogP contribution in [0.25, 0.3) is 22.8 Å². The van der Waals surface area contributed by atoms with Crippen LogP contribution in [0.3, 0.4) is 0 Å². The molecule has 0 amide bonds. The number of para-hydroxylation sites is 2. The number of halogens is 1. The Balaban J connectivity index is 0.000000286. The fourth-order valence-electron chi connectivity index (χ4n) is 3.91. The second-order valence-electron chi connectivity index (χ2n) is 12.8. The summed E-state index contributed by atoms with van der Waals surface area (Å²) in [4.78, 5) is 29.0. The van der Waals surface area contributed by atoms with E-state index >= 15 is 0 Å². The summed E-state index contributed by atoms with van der Waals surface area (Å²) in [5, 5.41) is 32.5. The molecule has 4 aromatic rings.